The molecule has 1 heterocycles. The van der Waals surface area contributed by atoms with Crippen LogP contribution in [0.2, 0.25) is 0 Å². The van der Waals surface area contributed by atoms with Crippen LogP contribution in [-0.4, -0.2) is 30.0 Å². The van der Waals surface area contributed by atoms with Crippen LogP contribution in [0.1, 0.15) is 12.5 Å². The van der Waals surface area contributed by atoms with Crippen molar-refractivity contribution in [2.24, 2.45) is 5.73 Å². The molecule has 1 aromatic rings. The number of carbonyl (C=O) groups excluding carboxylic acids is 1. The highest BCUT2D eigenvalue weighted by atomic mass is 32.2. The summed E-state index contributed by atoms with van der Waals surface area (Å²) in [5.74, 6) is 1.56. The summed E-state index contributed by atoms with van der Waals surface area (Å²) < 4.78 is 0. The molecular weight excluding hydrogens is 232 g/mol. The lowest BCUT2D eigenvalue weighted by atomic mass is 10.1. The molecular formula is C13H18N2OS. The Morgan fingerprint density at radius 1 is 1.53 bits per heavy atom. The molecule has 0 bridgehead atoms. The zero-order valence-electron chi connectivity index (χ0n) is 10.1. The van der Waals surface area contributed by atoms with E-state index in [4.69, 9.17) is 5.73 Å². The Hall–Kier alpha value is -1.000. The minimum atomic E-state index is 0.195. The summed E-state index contributed by atoms with van der Waals surface area (Å²) in [5.41, 5.74) is 7.78. The maximum Gasteiger partial charge on any atom is 0.237 e. The van der Waals surface area contributed by atoms with Crippen LogP contribution in [0.25, 0.3) is 0 Å². The minimum Gasteiger partial charge on any atom is -0.330 e. The molecule has 0 saturated carbocycles. The largest absolute Gasteiger partial charge is 0.330 e. The number of nitrogens with two attached hydrogens (primary N) is 1. The molecule has 0 aliphatic carbocycles. The average Bonchev–Trinajstić information content (AvgIpc) is 2.65. The fourth-order valence-corrected chi connectivity index (χ4v) is 2.88. The van der Waals surface area contributed by atoms with E-state index in [1.54, 1.807) is 11.8 Å². The standard InChI is InChI=1S/C13H18N2OS/c1-10-8-11-4-2-3-5-12(11)15(10)13(16)9-17-7-6-14/h2-5,10H,6-9,14H2,1H3. The van der Waals surface area contributed by atoms with Crippen LogP contribution < -0.4 is 10.6 Å². The van der Waals surface area contributed by atoms with Crippen molar-refractivity contribution in [1.82, 2.24) is 0 Å². The van der Waals surface area contributed by atoms with E-state index >= 15 is 0 Å². The number of hydrogen-bond acceptors (Lipinski definition) is 3. The highest BCUT2D eigenvalue weighted by Crippen LogP contribution is 2.32. The normalized spacial score (nSPS) is 18.2. The van der Waals surface area contributed by atoms with E-state index in [1.807, 2.05) is 23.1 Å². The van der Waals surface area contributed by atoms with Crippen LogP contribution >= 0.6 is 11.8 Å². The van der Waals surface area contributed by atoms with Gasteiger partial charge in [0.15, 0.2) is 0 Å². The van der Waals surface area contributed by atoms with Crippen LogP contribution in [0.15, 0.2) is 24.3 Å². The Morgan fingerprint density at radius 3 is 3.06 bits per heavy atom. The van der Waals surface area contributed by atoms with Gasteiger partial charge in [-0.3, -0.25) is 4.79 Å². The summed E-state index contributed by atoms with van der Waals surface area (Å²) in [4.78, 5) is 14.1. The lowest BCUT2D eigenvalue weighted by molar-refractivity contribution is -0.116. The predicted octanol–water partition coefficient (Wildman–Crippen LogP) is 1.66. The predicted molar refractivity (Wildman–Crippen MR) is 73.5 cm³/mol. The molecule has 0 fully saturated rings. The molecule has 0 saturated heterocycles. The quantitative estimate of drug-likeness (QED) is 0.827. The van der Waals surface area contributed by atoms with Gasteiger partial charge >= 0.3 is 0 Å². The molecule has 2 N–H and O–H groups in total. The fraction of sp³-hybridized carbons (Fsp3) is 0.462. The van der Waals surface area contributed by atoms with Gasteiger partial charge in [0.05, 0.1) is 5.75 Å². The number of thioether (sulfide) groups is 1. The number of anilines is 1. The number of benzene rings is 1. The number of para-hydroxylation sites is 1. The second-order valence-electron chi connectivity index (χ2n) is 4.29. The highest BCUT2D eigenvalue weighted by molar-refractivity contribution is 7.99. The van der Waals surface area contributed by atoms with E-state index in [9.17, 15) is 4.79 Å². The van der Waals surface area contributed by atoms with E-state index in [0.29, 0.717) is 12.3 Å². The first-order valence-electron chi connectivity index (χ1n) is 5.92. The second kappa shape index (κ2) is 5.56. The highest BCUT2D eigenvalue weighted by Gasteiger charge is 2.29. The SMILES string of the molecule is CC1Cc2ccccc2N1C(=O)CSCCN. The summed E-state index contributed by atoms with van der Waals surface area (Å²) in [5, 5.41) is 0. The number of fused-ring (bicyclic) bond motifs is 1. The van der Waals surface area contributed by atoms with E-state index in [0.717, 1.165) is 17.9 Å². The van der Waals surface area contributed by atoms with Gasteiger partial charge in [-0.1, -0.05) is 18.2 Å². The van der Waals surface area contributed by atoms with E-state index in [1.165, 1.54) is 5.56 Å². The van der Waals surface area contributed by atoms with Gasteiger partial charge in [-0.25, -0.2) is 0 Å². The zero-order chi connectivity index (χ0) is 12.3. The molecule has 1 unspecified atom stereocenters. The Morgan fingerprint density at radius 2 is 2.29 bits per heavy atom. The summed E-state index contributed by atoms with van der Waals surface area (Å²) >= 11 is 1.61. The van der Waals surface area contributed by atoms with Gasteiger partial charge in [-0.05, 0) is 25.0 Å². The monoisotopic (exact) mass is 250 g/mol. The average molecular weight is 250 g/mol. The van der Waals surface area contributed by atoms with Crippen molar-refractivity contribution in [3.63, 3.8) is 0 Å². The van der Waals surface area contributed by atoms with Gasteiger partial charge in [-0.15, -0.1) is 0 Å². The second-order valence-corrected chi connectivity index (χ2v) is 5.39. The lowest BCUT2D eigenvalue weighted by Gasteiger charge is -2.22. The molecule has 0 radical (unpaired) electrons. The van der Waals surface area contributed by atoms with Crippen LogP contribution in [0.4, 0.5) is 5.69 Å². The van der Waals surface area contributed by atoms with Gasteiger partial charge in [-0.2, -0.15) is 11.8 Å². The van der Waals surface area contributed by atoms with Gasteiger partial charge in [0.1, 0.15) is 0 Å². The molecule has 1 aliphatic rings. The Bertz CT molecular complexity index is 408. The topological polar surface area (TPSA) is 46.3 Å². The van der Waals surface area contributed by atoms with Gasteiger partial charge in [0.2, 0.25) is 5.91 Å². The summed E-state index contributed by atoms with van der Waals surface area (Å²) in [7, 11) is 0. The molecule has 3 nitrogen and oxygen atoms in total. The first kappa shape index (κ1) is 12.5. The number of rotatable bonds is 4. The molecule has 17 heavy (non-hydrogen) atoms. The molecule has 1 aliphatic heterocycles. The smallest absolute Gasteiger partial charge is 0.237 e. The Labute approximate surface area is 106 Å². The van der Waals surface area contributed by atoms with Crippen molar-refractivity contribution in [2.45, 2.75) is 19.4 Å². The van der Waals surface area contributed by atoms with Crippen molar-refractivity contribution >= 4 is 23.4 Å². The minimum absolute atomic E-state index is 0.195. The van der Waals surface area contributed by atoms with E-state index < -0.39 is 0 Å². The molecule has 1 atom stereocenters. The molecule has 1 aromatic carbocycles. The molecule has 4 heteroatoms. The van der Waals surface area contributed by atoms with Crippen LogP contribution in [0.5, 0.6) is 0 Å². The molecule has 1 amide bonds. The summed E-state index contributed by atoms with van der Waals surface area (Å²) in [6, 6.07) is 8.43. The van der Waals surface area contributed by atoms with Gasteiger partial charge in [0.25, 0.3) is 0 Å². The molecule has 2 rings (SSSR count). The third-order valence-electron chi connectivity index (χ3n) is 2.96. The lowest BCUT2D eigenvalue weighted by Crippen LogP contribution is -2.37. The third kappa shape index (κ3) is 2.64. The molecule has 0 spiro atoms. The Balaban J connectivity index is 2.08. The third-order valence-corrected chi connectivity index (χ3v) is 3.94. The molecule has 92 valence electrons. The maximum atomic E-state index is 12.2. The van der Waals surface area contributed by atoms with Gasteiger partial charge < -0.3 is 10.6 Å². The molecule has 0 aromatic heterocycles. The van der Waals surface area contributed by atoms with E-state index in [-0.39, 0.29) is 11.9 Å². The van der Waals surface area contributed by atoms with Crippen molar-refractivity contribution in [3.05, 3.63) is 29.8 Å². The van der Waals surface area contributed by atoms with Crippen molar-refractivity contribution in [1.29, 1.82) is 0 Å². The Kier molecular flexibility index (Phi) is 4.07. The zero-order valence-corrected chi connectivity index (χ0v) is 10.9. The van der Waals surface area contributed by atoms with Crippen molar-refractivity contribution < 1.29 is 4.79 Å². The van der Waals surface area contributed by atoms with Crippen molar-refractivity contribution in [3.8, 4) is 0 Å². The van der Waals surface area contributed by atoms with Crippen LogP contribution in [0.3, 0.4) is 0 Å². The number of nitrogens with zero attached hydrogens (tertiary/aromatic N) is 1. The maximum absolute atomic E-state index is 12.2. The first-order valence-corrected chi connectivity index (χ1v) is 7.07. The number of amides is 1. The van der Waals surface area contributed by atoms with E-state index in [2.05, 4.69) is 13.0 Å². The van der Waals surface area contributed by atoms with Crippen molar-refractivity contribution in [2.75, 3.05) is 23.0 Å². The number of hydrogen-bond donors (Lipinski definition) is 1. The van der Waals surface area contributed by atoms with Crippen LogP contribution in [-0.2, 0) is 11.2 Å². The first-order chi connectivity index (χ1) is 8.24. The summed E-state index contributed by atoms with van der Waals surface area (Å²) in [6.45, 7) is 2.73. The summed E-state index contributed by atoms with van der Waals surface area (Å²) in [6.07, 6.45) is 0.962. The van der Waals surface area contributed by atoms with Crippen LogP contribution in [0, 0.1) is 0 Å². The van der Waals surface area contributed by atoms with Gasteiger partial charge in [0, 0.05) is 24.0 Å². The number of carbonyl (C=O) groups is 1. The fourth-order valence-electron chi connectivity index (χ4n) is 2.26.